The maximum absolute atomic E-state index is 12.1. The molecule has 0 radical (unpaired) electrons. The molecule has 0 bridgehead atoms. The summed E-state index contributed by atoms with van der Waals surface area (Å²) in [5.74, 6) is 0.630. The molecule has 0 aromatic heterocycles. The number of rotatable bonds is 5. The normalized spacial score (nSPS) is 21.9. The Morgan fingerprint density at radius 2 is 2.17 bits per heavy atom. The van der Waals surface area contributed by atoms with Crippen molar-refractivity contribution in [2.24, 2.45) is 0 Å². The number of carbonyl (C=O) groups excluding carboxylic acids is 1. The van der Waals surface area contributed by atoms with Gasteiger partial charge in [-0.1, -0.05) is 31.9 Å². The number of nitrogens with one attached hydrogen (secondary N) is 2. The maximum atomic E-state index is 12.1. The molecule has 2 rings (SSSR count). The molecule has 1 aliphatic rings. The van der Waals surface area contributed by atoms with E-state index < -0.39 is 10.8 Å². The summed E-state index contributed by atoms with van der Waals surface area (Å²) in [5, 5.41) is 14.7. The Balaban J connectivity index is 1.88. The van der Waals surface area contributed by atoms with E-state index in [9.17, 15) is 9.00 Å². The second-order valence-electron chi connectivity index (χ2n) is 5.74. The first-order valence-corrected chi connectivity index (χ1v) is 9.42. The molecular weight excluding hydrogens is 310 g/mol. The number of hydrogen-bond acceptors (Lipinski definition) is 3. The van der Waals surface area contributed by atoms with Crippen molar-refractivity contribution in [2.75, 3.05) is 5.75 Å². The van der Waals surface area contributed by atoms with Gasteiger partial charge in [0.15, 0.2) is 0 Å². The Morgan fingerprint density at radius 1 is 1.39 bits per heavy atom. The summed E-state index contributed by atoms with van der Waals surface area (Å²) in [6.07, 6.45) is 3.94. The first-order chi connectivity index (χ1) is 11.1. The second-order valence-corrected chi connectivity index (χ2v) is 7.68. The van der Waals surface area contributed by atoms with Gasteiger partial charge in [0.2, 0.25) is 0 Å². The predicted octanol–water partition coefficient (Wildman–Crippen LogP) is 2.44. The van der Waals surface area contributed by atoms with Gasteiger partial charge in [0.1, 0.15) is 0 Å². The van der Waals surface area contributed by atoms with Gasteiger partial charge in [-0.15, -0.1) is 0 Å². The molecule has 1 aromatic rings. The first-order valence-electron chi connectivity index (χ1n) is 8.04. The van der Waals surface area contributed by atoms with Crippen LogP contribution >= 0.6 is 0 Å². The number of carbonyl (C=O) groups is 1. The van der Waals surface area contributed by atoms with Gasteiger partial charge in [-0.05, 0) is 30.5 Å². The molecule has 3 unspecified atom stereocenters. The second kappa shape index (κ2) is 8.68. The number of amides is 2. The minimum Gasteiger partial charge on any atom is -0.334 e. The molecule has 5 nitrogen and oxygen atoms in total. The molecule has 124 valence electrons. The molecule has 2 amide bonds. The van der Waals surface area contributed by atoms with E-state index in [1.807, 2.05) is 13.0 Å². The smallest absolute Gasteiger partial charge is 0.315 e. The highest BCUT2D eigenvalue weighted by atomic mass is 32.2. The van der Waals surface area contributed by atoms with Crippen molar-refractivity contribution in [3.63, 3.8) is 0 Å². The van der Waals surface area contributed by atoms with Crippen LogP contribution in [-0.2, 0) is 17.3 Å². The Kier molecular flexibility index (Phi) is 6.60. The highest BCUT2D eigenvalue weighted by Crippen LogP contribution is 2.23. The lowest BCUT2D eigenvalue weighted by molar-refractivity contribution is 0.232. The van der Waals surface area contributed by atoms with E-state index in [0.29, 0.717) is 17.9 Å². The van der Waals surface area contributed by atoms with E-state index >= 15 is 0 Å². The number of nitrogens with zero attached hydrogens (tertiary/aromatic N) is 1. The lowest BCUT2D eigenvalue weighted by Crippen LogP contribution is -2.50. The van der Waals surface area contributed by atoms with E-state index in [4.69, 9.17) is 5.26 Å². The molecule has 1 fully saturated rings. The third-order valence-corrected chi connectivity index (χ3v) is 5.96. The SMILES string of the molecule is CCS(=O)C1CCCCC1NC(=O)NCc1cccc(C#N)c1. The fourth-order valence-corrected chi connectivity index (χ4v) is 4.37. The van der Waals surface area contributed by atoms with Crippen molar-refractivity contribution in [3.05, 3.63) is 35.4 Å². The summed E-state index contributed by atoms with van der Waals surface area (Å²) in [4.78, 5) is 12.1. The quantitative estimate of drug-likeness (QED) is 0.868. The molecule has 1 aliphatic carbocycles. The fraction of sp³-hybridized carbons (Fsp3) is 0.529. The van der Waals surface area contributed by atoms with E-state index in [2.05, 4.69) is 16.7 Å². The van der Waals surface area contributed by atoms with Gasteiger partial charge in [-0.2, -0.15) is 5.26 Å². The zero-order valence-corrected chi connectivity index (χ0v) is 14.2. The van der Waals surface area contributed by atoms with Gasteiger partial charge >= 0.3 is 6.03 Å². The van der Waals surface area contributed by atoms with Gasteiger partial charge in [0.05, 0.1) is 16.9 Å². The van der Waals surface area contributed by atoms with Crippen LogP contribution in [0.1, 0.15) is 43.7 Å². The average Bonchev–Trinajstić information content (AvgIpc) is 2.60. The summed E-state index contributed by atoms with van der Waals surface area (Å²) < 4.78 is 12.1. The van der Waals surface area contributed by atoms with E-state index in [-0.39, 0.29) is 17.3 Å². The van der Waals surface area contributed by atoms with Crippen LogP contribution in [-0.4, -0.2) is 27.3 Å². The van der Waals surface area contributed by atoms with Crippen LogP contribution in [0.15, 0.2) is 24.3 Å². The average molecular weight is 333 g/mol. The number of nitriles is 1. The summed E-state index contributed by atoms with van der Waals surface area (Å²) in [6, 6.07) is 8.99. The Morgan fingerprint density at radius 3 is 2.91 bits per heavy atom. The van der Waals surface area contributed by atoms with Crippen molar-refractivity contribution in [1.29, 1.82) is 5.26 Å². The number of benzene rings is 1. The highest BCUT2D eigenvalue weighted by molar-refractivity contribution is 7.85. The van der Waals surface area contributed by atoms with Gasteiger partial charge in [-0.25, -0.2) is 4.79 Å². The van der Waals surface area contributed by atoms with Crippen molar-refractivity contribution < 1.29 is 9.00 Å². The summed E-state index contributed by atoms with van der Waals surface area (Å²) in [5.41, 5.74) is 1.46. The van der Waals surface area contributed by atoms with Crippen LogP contribution < -0.4 is 10.6 Å². The van der Waals surface area contributed by atoms with Crippen molar-refractivity contribution in [1.82, 2.24) is 10.6 Å². The van der Waals surface area contributed by atoms with E-state index in [1.54, 1.807) is 18.2 Å². The molecule has 0 aliphatic heterocycles. The Bertz CT molecular complexity index is 612. The molecule has 0 heterocycles. The zero-order valence-electron chi connectivity index (χ0n) is 13.4. The largest absolute Gasteiger partial charge is 0.334 e. The maximum Gasteiger partial charge on any atom is 0.315 e. The molecule has 2 N–H and O–H groups in total. The van der Waals surface area contributed by atoms with E-state index in [1.165, 1.54) is 0 Å². The van der Waals surface area contributed by atoms with Crippen LogP contribution in [0.2, 0.25) is 0 Å². The predicted molar refractivity (Wildman–Crippen MR) is 91.3 cm³/mol. The minimum atomic E-state index is -0.883. The van der Waals surface area contributed by atoms with Gasteiger partial charge in [-0.3, -0.25) is 4.21 Å². The van der Waals surface area contributed by atoms with Crippen molar-refractivity contribution in [3.8, 4) is 6.07 Å². The molecule has 23 heavy (non-hydrogen) atoms. The molecule has 6 heteroatoms. The lowest BCUT2D eigenvalue weighted by atomic mass is 9.95. The number of urea groups is 1. The molecular formula is C17H23N3O2S. The molecule has 1 saturated carbocycles. The molecule has 1 aromatic carbocycles. The molecule has 0 saturated heterocycles. The summed E-state index contributed by atoms with van der Waals surface area (Å²) in [6.45, 7) is 2.29. The van der Waals surface area contributed by atoms with Crippen molar-refractivity contribution in [2.45, 2.75) is 50.4 Å². The zero-order chi connectivity index (χ0) is 16.7. The Hall–Kier alpha value is -1.87. The Labute approximate surface area is 139 Å². The monoisotopic (exact) mass is 333 g/mol. The number of hydrogen-bond donors (Lipinski definition) is 2. The lowest BCUT2D eigenvalue weighted by Gasteiger charge is -2.31. The minimum absolute atomic E-state index is 0.0185. The van der Waals surface area contributed by atoms with Crippen LogP contribution in [0, 0.1) is 11.3 Å². The van der Waals surface area contributed by atoms with Gasteiger partial charge < -0.3 is 10.6 Å². The summed E-state index contributed by atoms with van der Waals surface area (Å²) in [7, 11) is -0.883. The first kappa shape index (κ1) is 17.5. The molecule has 3 atom stereocenters. The van der Waals surface area contributed by atoms with E-state index in [0.717, 1.165) is 31.2 Å². The fourth-order valence-electron chi connectivity index (χ4n) is 2.94. The van der Waals surface area contributed by atoms with Crippen LogP contribution in [0.3, 0.4) is 0 Å². The third kappa shape index (κ3) is 5.07. The highest BCUT2D eigenvalue weighted by Gasteiger charge is 2.30. The topological polar surface area (TPSA) is 82.0 Å². The van der Waals surface area contributed by atoms with Crippen LogP contribution in [0.25, 0.3) is 0 Å². The van der Waals surface area contributed by atoms with Gasteiger partial charge in [0, 0.05) is 29.1 Å². The van der Waals surface area contributed by atoms with Crippen LogP contribution in [0.5, 0.6) is 0 Å². The third-order valence-electron chi connectivity index (χ3n) is 4.15. The molecule has 0 spiro atoms. The van der Waals surface area contributed by atoms with Gasteiger partial charge in [0.25, 0.3) is 0 Å². The summed E-state index contributed by atoms with van der Waals surface area (Å²) >= 11 is 0. The van der Waals surface area contributed by atoms with Crippen LogP contribution in [0.4, 0.5) is 4.79 Å². The van der Waals surface area contributed by atoms with Crippen molar-refractivity contribution >= 4 is 16.8 Å². The standard InChI is InChI=1S/C17H23N3O2S/c1-2-23(22)16-9-4-3-8-15(16)20-17(21)19-12-14-7-5-6-13(10-14)11-18/h5-7,10,15-16H,2-4,8-9,12H2,1H3,(H2,19,20,21).